The summed E-state index contributed by atoms with van der Waals surface area (Å²) in [5.41, 5.74) is -1.10. The molecule has 2 fully saturated rings. The topological polar surface area (TPSA) is 185 Å². The average Bonchev–Trinajstić information content (AvgIpc) is 3.11. The minimum Gasteiger partial charge on any atom is -0.493 e. The number of aliphatic hydroxyl groups excluding tert-OH is 5. The van der Waals surface area contributed by atoms with Crippen molar-refractivity contribution in [2.24, 2.45) is 11.8 Å². The largest absolute Gasteiger partial charge is 0.493 e. The molecule has 1 aliphatic heterocycles. The number of esters is 1. The molecule has 1 saturated heterocycles. The van der Waals surface area contributed by atoms with Crippen molar-refractivity contribution in [2.45, 2.75) is 62.2 Å². The summed E-state index contributed by atoms with van der Waals surface area (Å²) in [7, 11) is 2.92. The van der Waals surface area contributed by atoms with Gasteiger partial charge >= 0.3 is 5.97 Å². The third-order valence-electron chi connectivity index (χ3n) is 7.06. The van der Waals surface area contributed by atoms with E-state index in [1.165, 1.54) is 26.4 Å². The Bertz CT molecular complexity index is 875. The molecule has 9 atom stereocenters. The van der Waals surface area contributed by atoms with Gasteiger partial charge < -0.3 is 54.3 Å². The molecule has 0 radical (unpaired) electrons. The summed E-state index contributed by atoms with van der Waals surface area (Å²) in [6.45, 7) is 0.563. The van der Waals surface area contributed by atoms with E-state index < -0.39 is 66.8 Å². The number of benzene rings is 1. The molecule has 204 valence electrons. The lowest BCUT2D eigenvalue weighted by molar-refractivity contribution is -0.301. The third-order valence-corrected chi connectivity index (χ3v) is 7.06. The predicted octanol–water partition coefficient (Wildman–Crippen LogP) is -1.18. The van der Waals surface area contributed by atoms with Crippen molar-refractivity contribution < 1.29 is 59.1 Å². The number of methoxy groups -OCH3 is 2. The van der Waals surface area contributed by atoms with E-state index >= 15 is 0 Å². The summed E-state index contributed by atoms with van der Waals surface area (Å²) < 4.78 is 27.1. The lowest BCUT2D eigenvalue weighted by Gasteiger charge is -2.39. The van der Waals surface area contributed by atoms with Crippen molar-refractivity contribution in [2.75, 3.05) is 34.0 Å². The summed E-state index contributed by atoms with van der Waals surface area (Å²) in [5, 5.41) is 60.2. The molecule has 12 heteroatoms. The second kappa shape index (κ2) is 12.0. The SMILES string of the molecule is COc1ccc(C(=O)OC2CC(C)(O)C(CO)C2CCOC2OC(CO)C(O)C(O)C2O)cc1OC. The highest BCUT2D eigenvalue weighted by atomic mass is 16.7. The van der Waals surface area contributed by atoms with Crippen molar-refractivity contribution in [3.05, 3.63) is 23.8 Å². The molecule has 12 nitrogen and oxygen atoms in total. The molecule has 9 unspecified atom stereocenters. The fraction of sp³-hybridized carbons (Fsp3) is 0.708. The molecule has 1 aromatic carbocycles. The number of hydrogen-bond donors (Lipinski definition) is 6. The van der Waals surface area contributed by atoms with Crippen molar-refractivity contribution in [1.82, 2.24) is 0 Å². The summed E-state index contributed by atoms with van der Waals surface area (Å²) >= 11 is 0. The molecule has 36 heavy (non-hydrogen) atoms. The van der Waals surface area contributed by atoms with Gasteiger partial charge in [0.2, 0.25) is 0 Å². The van der Waals surface area contributed by atoms with Crippen LogP contribution in [-0.4, -0.2) is 113 Å². The summed E-state index contributed by atoms with van der Waals surface area (Å²) in [5.74, 6) is -0.974. The third kappa shape index (κ3) is 5.92. The Hall–Kier alpha value is -2.03. The zero-order valence-corrected chi connectivity index (χ0v) is 20.5. The Morgan fingerprint density at radius 2 is 1.75 bits per heavy atom. The van der Waals surface area contributed by atoms with Gasteiger partial charge in [0.1, 0.15) is 30.5 Å². The van der Waals surface area contributed by atoms with Crippen molar-refractivity contribution in [3.63, 3.8) is 0 Å². The standard InChI is InChI=1S/C24H36O12/c1-24(31)9-17(35-22(30)12-4-5-15(32-2)16(8-12)33-3)13(14(24)10-25)6-7-34-23-21(29)20(28)19(27)18(11-26)36-23/h4-5,8,13-14,17-21,23,25-29,31H,6-7,9-11H2,1-3H3. The molecule has 6 N–H and O–H groups in total. The second-order valence-electron chi connectivity index (χ2n) is 9.38. The van der Waals surface area contributed by atoms with E-state index in [0.29, 0.717) is 11.5 Å². The van der Waals surface area contributed by atoms with Gasteiger partial charge in [0.15, 0.2) is 17.8 Å². The van der Waals surface area contributed by atoms with Crippen molar-refractivity contribution >= 4 is 5.97 Å². The van der Waals surface area contributed by atoms with E-state index in [-0.39, 0.29) is 31.6 Å². The molecule has 0 amide bonds. The van der Waals surface area contributed by atoms with Crippen LogP contribution in [0, 0.1) is 11.8 Å². The molecule has 3 rings (SSSR count). The molecule has 1 aliphatic carbocycles. The Morgan fingerprint density at radius 1 is 1.06 bits per heavy atom. The van der Waals surface area contributed by atoms with Gasteiger partial charge in [-0.05, 0) is 31.5 Å². The highest BCUT2D eigenvalue weighted by Gasteiger charge is 2.51. The van der Waals surface area contributed by atoms with Gasteiger partial charge in [0, 0.05) is 24.9 Å². The fourth-order valence-electron chi connectivity index (χ4n) is 4.97. The van der Waals surface area contributed by atoms with Crippen molar-refractivity contribution in [1.29, 1.82) is 0 Å². The van der Waals surface area contributed by atoms with Gasteiger partial charge in [0.25, 0.3) is 0 Å². The maximum atomic E-state index is 12.9. The molecule has 1 heterocycles. The normalized spacial score (nSPS) is 36.5. The Balaban J connectivity index is 1.68. The van der Waals surface area contributed by atoms with Crippen LogP contribution >= 0.6 is 0 Å². The van der Waals surface area contributed by atoms with Gasteiger partial charge in [-0.2, -0.15) is 0 Å². The zero-order valence-electron chi connectivity index (χ0n) is 20.5. The van der Waals surface area contributed by atoms with Crippen LogP contribution in [0.4, 0.5) is 0 Å². The van der Waals surface area contributed by atoms with Crippen LogP contribution in [0.2, 0.25) is 0 Å². The number of ether oxygens (including phenoxy) is 5. The molecule has 1 aromatic rings. The molecule has 0 bridgehead atoms. The van der Waals surface area contributed by atoms with Crippen LogP contribution in [0.15, 0.2) is 18.2 Å². The minimum atomic E-state index is -1.58. The van der Waals surface area contributed by atoms with Crippen LogP contribution in [0.25, 0.3) is 0 Å². The quantitative estimate of drug-likeness (QED) is 0.205. The summed E-state index contributed by atoms with van der Waals surface area (Å²) in [6, 6.07) is 4.58. The number of rotatable bonds is 10. The van der Waals surface area contributed by atoms with E-state index in [1.54, 1.807) is 13.0 Å². The molecule has 2 aliphatic rings. The first kappa shape index (κ1) is 28.5. The number of aliphatic hydroxyl groups is 6. The lowest BCUT2D eigenvalue weighted by Crippen LogP contribution is -2.59. The Labute approximate surface area is 208 Å². The fourth-order valence-corrected chi connectivity index (χ4v) is 4.97. The number of hydrogen-bond acceptors (Lipinski definition) is 12. The molecule has 0 aromatic heterocycles. The maximum Gasteiger partial charge on any atom is 0.338 e. The van der Waals surface area contributed by atoms with Crippen LogP contribution in [0.5, 0.6) is 11.5 Å². The van der Waals surface area contributed by atoms with Crippen LogP contribution in [-0.2, 0) is 14.2 Å². The van der Waals surface area contributed by atoms with E-state index in [4.69, 9.17) is 23.7 Å². The first-order valence-corrected chi connectivity index (χ1v) is 11.8. The summed E-state index contributed by atoms with van der Waals surface area (Å²) in [4.78, 5) is 12.9. The highest BCUT2D eigenvalue weighted by molar-refractivity contribution is 5.90. The predicted molar refractivity (Wildman–Crippen MR) is 122 cm³/mol. The molecule has 1 saturated carbocycles. The second-order valence-corrected chi connectivity index (χ2v) is 9.38. The van der Waals surface area contributed by atoms with E-state index in [9.17, 15) is 35.4 Å². The summed E-state index contributed by atoms with van der Waals surface area (Å²) in [6.07, 6.45) is -7.52. The van der Waals surface area contributed by atoms with E-state index in [0.717, 1.165) is 0 Å². The Morgan fingerprint density at radius 3 is 2.36 bits per heavy atom. The maximum absolute atomic E-state index is 12.9. The number of carbonyl (C=O) groups is 1. The first-order valence-electron chi connectivity index (χ1n) is 11.8. The average molecular weight is 517 g/mol. The highest BCUT2D eigenvalue weighted by Crippen LogP contribution is 2.44. The van der Waals surface area contributed by atoms with Gasteiger partial charge in [-0.3, -0.25) is 0 Å². The monoisotopic (exact) mass is 516 g/mol. The van der Waals surface area contributed by atoms with Crippen molar-refractivity contribution in [3.8, 4) is 11.5 Å². The van der Waals surface area contributed by atoms with Crippen LogP contribution in [0.3, 0.4) is 0 Å². The lowest BCUT2D eigenvalue weighted by atomic mass is 9.86. The number of carbonyl (C=O) groups excluding carboxylic acids is 1. The van der Waals surface area contributed by atoms with E-state index in [2.05, 4.69) is 0 Å². The van der Waals surface area contributed by atoms with Crippen LogP contribution < -0.4 is 9.47 Å². The Kier molecular flexibility index (Phi) is 9.52. The van der Waals surface area contributed by atoms with Gasteiger partial charge in [-0.25, -0.2) is 4.79 Å². The molecular weight excluding hydrogens is 480 g/mol. The van der Waals surface area contributed by atoms with Gasteiger partial charge in [-0.1, -0.05) is 0 Å². The van der Waals surface area contributed by atoms with Crippen LogP contribution in [0.1, 0.15) is 30.1 Å². The first-order chi connectivity index (χ1) is 17.1. The zero-order chi connectivity index (χ0) is 26.6. The van der Waals surface area contributed by atoms with Gasteiger partial charge in [0.05, 0.1) is 38.6 Å². The minimum absolute atomic E-state index is 0.0512. The van der Waals surface area contributed by atoms with Gasteiger partial charge in [-0.15, -0.1) is 0 Å². The smallest absolute Gasteiger partial charge is 0.338 e. The molecule has 0 spiro atoms. The van der Waals surface area contributed by atoms with E-state index in [1.807, 2.05) is 0 Å². The molecular formula is C24H36O12.